The number of rotatable bonds is 13. The van der Waals surface area contributed by atoms with Crippen LogP contribution in [0.5, 0.6) is 0 Å². The number of likely N-dealkylation sites (tertiary alicyclic amines) is 1. The fourth-order valence-corrected chi connectivity index (χ4v) is 16.2. The highest BCUT2D eigenvalue weighted by Crippen LogP contribution is 2.42. The van der Waals surface area contributed by atoms with Gasteiger partial charge in [0.1, 0.15) is 47.8 Å². The number of halogens is 4. The summed E-state index contributed by atoms with van der Waals surface area (Å²) in [6, 6.07) is -9.19. The van der Waals surface area contributed by atoms with Crippen LogP contribution in [0.2, 0.25) is 0 Å². The van der Waals surface area contributed by atoms with E-state index in [4.69, 9.17) is 0 Å². The van der Waals surface area contributed by atoms with Crippen molar-refractivity contribution >= 4 is 93.5 Å². The van der Waals surface area contributed by atoms with Crippen LogP contribution in [0.25, 0.3) is 0 Å². The number of nitrogens with zero attached hydrogens (tertiary/aromatic N) is 8. The van der Waals surface area contributed by atoms with Crippen LogP contribution < -0.4 is 21.3 Å². The van der Waals surface area contributed by atoms with Gasteiger partial charge in [-0.1, -0.05) is 129 Å². The Morgan fingerprint density at radius 3 is 1.69 bits per heavy atom. The third-order valence-corrected chi connectivity index (χ3v) is 23.4. The molecule has 2 saturated heterocycles. The van der Waals surface area contributed by atoms with E-state index in [1.807, 2.05) is 34.6 Å². The summed E-state index contributed by atoms with van der Waals surface area (Å²) in [6.07, 6.45) is 4.28. The van der Waals surface area contributed by atoms with Gasteiger partial charge in [-0.3, -0.25) is 57.5 Å². The maximum absolute atomic E-state index is 15.4. The van der Waals surface area contributed by atoms with Crippen molar-refractivity contribution in [2.24, 2.45) is 47.3 Å². The normalized spacial score (nSPS) is 30.5. The summed E-state index contributed by atoms with van der Waals surface area (Å²) in [7, 11) is 9.78. The molecule has 5 fully saturated rings. The highest BCUT2D eigenvalue weighted by Gasteiger charge is 2.47. The molecule has 5 aliphatic rings. The topological polar surface area (TPSA) is 279 Å². The molecule has 101 heavy (non-hydrogen) atoms. The molecule has 3 aliphatic carbocycles. The van der Waals surface area contributed by atoms with Gasteiger partial charge in [0.15, 0.2) is 0 Å². The van der Waals surface area contributed by atoms with Crippen molar-refractivity contribution in [2.75, 3.05) is 82.1 Å². The molecule has 4 N–H and O–H groups in total. The average Bonchev–Trinajstić information content (AvgIpc) is 0.806. The fraction of sp³-hybridized carbons (Fsp3) is 0.836. The summed E-state index contributed by atoms with van der Waals surface area (Å²) in [5, 5.41) is 11.5. The third kappa shape index (κ3) is 24.6. The van der Waals surface area contributed by atoms with Gasteiger partial charge in [-0.05, 0) is 132 Å². The predicted molar refractivity (Wildman–Crippen MR) is 387 cm³/mol. The standard InChI is InChI=1S/C73H122F3IN12O12/c1-17-47(7)63-70(100)84(12)42-61(92)82(10)43-62(93)86(14)57(39-48-29-27-46(6)28-30-48)68(98)83(11)41-59(90)78-53(37-50-24-22-26-52(77)36-50)64(94)79-55(38-49-23-21-25-51(35-49)73(74,75)76)67(97)88(16)72(8,9)71(101)80-54(33-44(2)3)66(96)87(15)58(69(99)89-31-19-18-20-32-89)40-60(91)85(13)56(34-45(4)5)65(95)81-63/h44-58,63H,17-43H2,1-16H3,(H,78,90)(H,79,94)(H,80,101)(H,81,95)/t46?,47-,48?,49?,50?,51?,52?,53-,54-,55-,56-,57-,58-,63-/m0/s1. The molecule has 0 aromatic heterocycles. The molecule has 0 spiro atoms. The Morgan fingerprint density at radius 1 is 0.545 bits per heavy atom. The van der Waals surface area contributed by atoms with E-state index in [-0.39, 0.29) is 79.0 Å². The molecule has 24 nitrogen and oxygen atoms in total. The number of hydrogen-bond acceptors (Lipinski definition) is 12. The number of amides is 12. The van der Waals surface area contributed by atoms with E-state index < -0.39 is 169 Å². The van der Waals surface area contributed by atoms with Crippen LogP contribution in [0.3, 0.4) is 0 Å². The summed E-state index contributed by atoms with van der Waals surface area (Å²) in [4.78, 5) is 188. The van der Waals surface area contributed by atoms with Crippen LogP contribution in [-0.2, 0) is 57.5 Å². The number of carbonyl (C=O) groups is 12. The molecule has 0 aromatic rings. The van der Waals surface area contributed by atoms with Crippen molar-refractivity contribution in [3.8, 4) is 0 Å². The van der Waals surface area contributed by atoms with Crippen molar-refractivity contribution in [1.82, 2.24) is 60.5 Å². The molecule has 5 rings (SSSR count). The van der Waals surface area contributed by atoms with E-state index in [9.17, 15) is 51.5 Å². The molecule has 4 unspecified atom stereocenters. The van der Waals surface area contributed by atoms with Gasteiger partial charge in [0.2, 0.25) is 70.9 Å². The number of nitrogens with one attached hydrogen (secondary N) is 4. The molecular formula is C73H122F3IN12O12. The Morgan fingerprint density at radius 2 is 1.11 bits per heavy atom. The number of alkyl halides is 4. The summed E-state index contributed by atoms with van der Waals surface area (Å²) < 4.78 is 43.7. The summed E-state index contributed by atoms with van der Waals surface area (Å²) in [6.45, 7) is 15.0. The summed E-state index contributed by atoms with van der Waals surface area (Å²) >= 11 is 2.36. The summed E-state index contributed by atoms with van der Waals surface area (Å²) in [5.41, 5.74) is -1.85. The highest BCUT2D eigenvalue weighted by atomic mass is 127. The lowest BCUT2D eigenvalue weighted by atomic mass is 9.78. The van der Waals surface area contributed by atoms with E-state index in [2.05, 4.69) is 50.8 Å². The lowest BCUT2D eigenvalue weighted by molar-refractivity contribution is -0.186. The van der Waals surface area contributed by atoms with Crippen molar-refractivity contribution < 1.29 is 70.7 Å². The predicted octanol–water partition coefficient (Wildman–Crippen LogP) is 6.93. The maximum atomic E-state index is 15.4. The van der Waals surface area contributed by atoms with Crippen LogP contribution in [0.4, 0.5) is 13.2 Å². The Labute approximate surface area is 612 Å². The molecule has 2 heterocycles. The van der Waals surface area contributed by atoms with E-state index in [1.54, 1.807) is 11.8 Å². The van der Waals surface area contributed by atoms with E-state index in [0.29, 0.717) is 57.5 Å². The molecular weight excluding hydrogens is 1420 g/mol. The smallest absolute Gasteiger partial charge is 0.343 e. The minimum absolute atomic E-state index is 0.0160. The van der Waals surface area contributed by atoms with Crippen molar-refractivity contribution in [3.05, 3.63) is 0 Å². The molecule has 0 bridgehead atoms. The van der Waals surface area contributed by atoms with E-state index in [0.717, 1.165) is 64.5 Å². The first-order valence-electron chi connectivity index (χ1n) is 37.2. The second-order valence-corrected chi connectivity index (χ2v) is 33.5. The van der Waals surface area contributed by atoms with Gasteiger partial charge in [0.05, 0.1) is 32.0 Å². The van der Waals surface area contributed by atoms with Crippen LogP contribution in [0.15, 0.2) is 0 Å². The SMILES string of the molecule is CC[C@H](C)[C@@H]1NC(=O)[C@H](CC(C)C)N(C)C(=O)C[C@@H](C(=O)N2CCCCC2)N(C)C(=O)[C@H](CC(C)C)NC(=O)C(C)(C)N(C)C(=O)[C@H](CC2CCCC(C(F)(F)F)C2)NC(=O)[C@H](CC2CCCC(I)C2)NC(=O)CN(C)C(=O)[C@H](CC2CCC(C)CC2)N(C)C(=O)CN(C)C(=O)CN(C)C1=O. The Kier molecular flexibility index (Phi) is 32.9. The fourth-order valence-electron chi connectivity index (χ4n) is 15.0. The monoisotopic (exact) mass is 1540 g/mol. The third-order valence-electron chi connectivity index (χ3n) is 22.3. The second-order valence-electron chi connectivity index (χ2n) is 31.8. The van der Waals surface area contributed by atoms with Crippen molar-refractivity contribution in [2.45, 2.75) is 262 Å². The van der Waals surface area contributed by atoms with E-state index >= 15 is 19.2 Å². The molecule has 3 saturated carbocycles. The quantitative estimate of drug-likeness (QED) is 0.108. The number of likely N-dealkylation sites (N-methyl/N-ethyl adjacent to an activating group) is 7. The molecule has 574 valence electrons. The van der Waals surface area contributed by atoms with Gasteiger partial charge in [0, 0.05) is 66.3 Å². The minimum atomic E-state index is -4.53. The van der Waals surface area contributed by atoms with Crippen molar-refractivity contribution in [1.29, 1.82) is 0 Å². The van der Waals surface area contributed by atoms with Crippen LogP contribution in [-0.4, -0.2) is 250 Å². The Bertz CT molecular complexity index is 2870. The van der Waals surface area contributed by atoms with Crippen LogP contribution >= 0.6 is 22.6 Å². The second kappa shape index (κ2) is 38.8. The first-order chi connectivity index (χ1) is 47.2. The first-order valence-corrected chi connectivity index (χ1v) is 38.4. The van der Waals surface area contributed by atoms with Gasteiger partial charge < -0.3 is 60.5 Å². The number of carbonyl (C=O) groups excluding carboxylic acids is 12. The van der Waals surface area contributed by atoms with Gasteiger partial charge in [-0.2, -0.15) is 13.2 Å². The van der Waals surface area contributed by atoms with Crippen LogP contribution in [0.1, 0.15) is 204 Å². The Hall–Kier alpha value is -5.84. The first kappa shape index (κ1) is 85.8. The zero-order chi connectivity index (χ0) is 75.7. The zero-order valence-corrected chi connectivity index (χ0v) is 65.5. The number of piperidine rings is 1. The zero-order valence-electron chi connectivity index (χ0n) is 63.3. The summed E-state index contributed by atoms with van der Waals surface area (Å²) in [5.74, 6) is -11.3. The lowest BCUT2D eigenvalue weighted by Crippen LogP contribution is -2.64. The van der Waals surface area contributed by atoms with Gasteiger partial charge in [-0.25, -0.2) is 0 Å². The Balaban J connectivity index is 1.64. The minimum Gasteiger partial charge on any atom is -0.343 e. The van der Waals surface area contributed by atoms with Gasteiger partial charge in [0.25, 0.3) is 0 Å². The molecule has 12 amide bonds. The maximum Gasteiger partial charge on any atom is 0.391 e. The molecule has 0 aromatic carbocycles. The average molecular weight is 1540 g/mol. The lowest BCUT2D eigenvalue weighted by Gasteiger charge is -2.40. The largest absolute Gasteiger partial charge is 0.391 e. The molecule has 0 radical (unpaired) electrons. The van der Waals surface area contributed by atoms with E-state index in [1.165, 1.54) is 77.9 Å². The van der Waals surface area contributed by atoms with Crippen LogP contribution in [0, 0.1) is 47.3 Å². The molecule has 28 heteroatoms. The molecule has 2 aliphatic heterocycles. The van der Waals surface area contributed by atoms with Gasteiger partial charge >= 0.3 is 6.18 Å². The molecule has 12 atom stereocenters. The van der Waals surface area contributed by atoms with Crippen molar-refractivity contribution in [3.63, 3.8) is 0 Å². The number of hydrogen-bond donors (Lipinski definition) is 4. The highest BCUT2D eigenvalue weighted by molar-refractivity contribution is 14.1. The van der Waals surface area contributed by atoms with Gasteiger partial charge in [-0.15, -0.1) is 0 Å².